The van der Waals surface area contributed by atoms with E-state index in [2.05, 4.69) is 5.32 Å². The van der Waals surface area contributed by atoms with Crippen molar-refractivity contribution in [1.82, 2.24) is 5.32 Å². The molecule has 1 unspecified atom stereocenters. The summed E-state index contributed by atoms with van der Waals surface area (Å²) in [4.78, 5) is 0. The van der Waals surface area contributed by atoms with E-state index in [1.54, 1.807) is 19.3 Å². The van der Waals surface area contributed by atoms with Gasteiger partial charge in [-0.05, 0) is 44.4 Å². The summed E-state index contributed by atoms with van der Waals surface area (Å²) in [5.74, 6) is 1.43. The van der Waals surface area contributed by atoms with E-state index in [4.69, 9.17) is 4.42 Å². The van der Waals surface area contributed by atoms with Gasteiger partial charge in [0.2, 0.25) is 0 Å². The summed E-state index contributed by atoms with van der Waals surface area (Å²) in [6.45, 7) is 3.35. The first-order valence-electron chi connectivity index (χ1n) is 6.15. The van der Waals surface area contributed by atoms with E-state index in [0.29, 0.717) is 12.3 Å². The first kappa shape index (κ1) is 11.7. The molecule has 90 valence electrons. The Morgan fingerprint density at radius 1 is 1.50 bits per heavy atom. The quantitative estimate of drug-likeness (QED) is 0.805. The van der Waals surface area contributed by atoms with Crippen molar-refractivity contribution in [2.75, 3.05) is 13.1 Å². The average molecular weight is 223 g/mol. The van der Waals surface area contributed by atoms with Gasteiger partial charge in [-0.15, -0.1) is 0 Å². The van der Waals surface area contributed by atoms with Gasteiger partial charge in [-0.1, -0.05) is 12.8 Å². The van der Waals surface area contributed by atoms with Crippen molar-refractivity contribution in [3.05, 3.63) is 24.2 Å². The molecule has 1 atom stereocenters. The lowest BCUT2D eigenvalue weighted by atomic mass is 10.0. The SMILES string of the molecule is CC(O)(CNCC1CCCC1)c1ccco1. The lowest BCUT2D eigenvalue weighted by molar-refractivity contribution is 0.0336. The maximum atomic E-state index is 10.2. The summed E-state index contributed by atoms with van der Waals surface area (Å²) in [5, 5.41) is 13.5. The Morgan fingerprint density at radius 2 is 2.25 bits per heavy atom. The highest BCUT2D eigenvalue weighted by Crippen LogP contribution is 2.24. The second kappa shape index (κ2) is 5.02. The van der Waals surface area contributed by atoms with Crippen molar-refractivity contribution >= 4 is 0 Å². The minimum Gasteiger partial charge on any atom is -0.466 e. The zero-order valence-electron chi connectivity index (χ0n) is 9.91. The highest BCUT2D eigenvalue weighted by Gasteiger charge is 2.26. The Morgan fingerprint density at radius 3 is 2.88 bits per heavy atom. The fraction of sp³-hybridized carbons (Fsp3) is 0.692. The number of nitrogens with one attached hydrogen (secondary N) is 1. The molecule has 0 radical (unpaired) electrons. The molecule has 0 saturated heterocycles. The van der Waals surface area contributed by atoms with Crippen LogP contribution in [-0.4, -0.2) is 18.2 Å². The Hall–Kier alpha value is -0.800. The molecule has 2 rings (SSSR count). The molecule has 16 heavy (non-hydrogen) atoms. The molecular weight excluding hydrogens is 202 g/mol. The Kier molecular flexibility index (Phi) is 3.66. The number of furan rings is 1. The standard InChI is InChI=1S/C13H21NO2/c1-13(15,12-7-4-8-16-12)10-14-9-11-5-2-3-6-11/h4,7-8,11,14-15H,2-3,5-6,9-10H2,1H3. The molecule has 0 bridgehead atoms. The predicted octanol–water partition coefficient (Wildman–Crippen LogP) is 2.27. The van der Waals surface area contributed by atoms with Gasteiger partial charge in [0, 0.05) is 6.54 Å². The summed E-state index contributed by atoms with van der Waals surface area (Å²) >= 11 is 0. The highest BCUT2D eigenvalue weighted by molar-refractivity contribution is 5.08. The fourth-order valence-electron chi connectivity index (χ4n) is 2.41. The molecule has 3 nitrogen and oxygen atoms in total. The van der Waals surface area contributed by atoms with Crippen molar-refractivity contribution in [2.24, 2.45) is 5.92 Å². The molecular formula is C13H21NO2. The Labute approximate surface area is 96.8 Å². The van der Waals surface area contributed by atoms with Crippen molar-refractivity contribution in [1.29, 1.82) is 0 Å². The third kappa shape index (κ3) is 2.86. The largest absolute Gasteiger partial charge is 0.466 e. The molecule has 1 fully saturated rings. The molecule has 3 heteroatoms. The lowest BCUT2D eigenvalue weighted by Crippen LogP contribution is -2.37. The zero-order valence-corrected chi connectivity index (χ0v) is 9.91. The Bertz CT molecular complexity index is 300. The van der Waals surface area contributed by atoms with Gasteiger partial charge in [-0.2, -0.15) is 0 Å². The van der Waals surface area contributed by atoms with Crippen LogP contribution < -0.4 is 5.32 Å². The van der Waals surface area contributed by atoms with Crippen LogP contribution in [0.4, 0.5) is 0 Å². The second-order valence-corrected chi connectivity index (χ2v) is 5.03. The van der Waals surface area contributed by atoms with Gasteiger partial charge in [-0.3, -0.25) is 0 Å². The van der Waals surface area contributed by atoms with E-state index in [0.717, 1.165) is 12.5 Å². The van der Waals surface area contributed by atoms with E-state index in [-0.39, 0.29) is 0 Å². The van der Waals surface area contributed by atoms with E-state index in [9.17, 15) is 5.11 Å². The molecule has 2 N–H and O–H groups in total. The topological polar surface area (TPSA) is 45.4 Å². The molecule has 0 spiro atoms. The van der Waals surface area contributed by atoms with Gasteiger partial charge in [0.15, 0.2) is 0 Å². The smallest absolute Gasteiger partial charge is 0.136 e. The maximum Gasteiger partial charge on any atom is 0.136 e. The van der Waals surface area contributed by atoms with E-state index in [1.807, 2.05) is 6.07 Å². The third-order valence-corrected chi connectivity index (χ3v) is 3.43. The van der Waals surface area contributed by atoms with Crippen LogP contribution in [0.2, 0.25) is 0 Å². The zero-order chi connectivity index (χ0) is 11.4. The van der Waals surface area contributed by atoms with Gasteiger partial charge < -0.3 is 14.8 Å². The third-order valence-electron chi connectivity index (χ3n) is 3.43. The van der Waals surface area contributed by atoms with Gasteiger partial charge in [0.05, 0.1) is 6.26 Å². The first-order valence-corrected chi connectivity index (χ1v) is 6.15. The molecule has 1 aromatic rings. The normalized spacial score (nSPS) is 21.1. The van der Waals surface area contributed by atoms with Gasteiger partial charge in [-0.25, -0.2) is 0 Å². The van der Waals surface area contributed by atoms with Gasteiger partial charge >= 0.3 is 0 Å². The van der Waals surface area contributed by atoms with Crippen molar-refractivity contribution in [3.8, 4) is 0 Å². The lowest BCUT2D eigenvalue weighted by Gasteiger charge is -2.22. The van der Waals surface area contributed by atoms with E-state index >= 15 is 0 Å². The fourth-order valence-corrected chi connectivity index (χ4v) is 2.41. The molecule has 1 saturated carbocycles. The van der Waals surface area contributed by atoms with Crippen molar-refractivity contribution in [2.45, 2.75) is 38.2 Å². The number of rotatable bonds is 5. The van der Waals surface area contributed by atoms with Crippen LogP contribution in [0.15, 0.2) is 22.8 Å². The second-order valence-electron chi connectivity index (χ2n) is 5.03. The average Bonchev–Trinajstić information content (AvgIpc) is 2.90. The van der Waals surface area contributed by atoms with Crippen LogP contribution in [0.1, 0.15) is 38.4 Å². The summed E-state index contributed by atoms with van der Waals surface area (Å²) < 4.78 is 5.23. The number of hydrogen-bond donors (Lipinski definition) is 2. The van der Waals surface area contributed by atoms with Crippen LogP contribution in [0.25, 0.3) is 0 Å². The molecule has 0 amide bonds. The summed E-state index contributed by atoms with van der Waals surface area (Å²) in [5.41, 5.74) is -0.901. The van der Waals surface area contributed by atoms with Crippen molar-refractivity contribution < 1.29 is 9.52 Å². The Balaban J connectivity index is 1.76. The molecule has 0 aliphatic heterocycles. The van der Waals surface area contributed by atoms with E-state index < -0.39 is 5.60 Å². The molecule has 1 aliphatic rings. The number of aliphatic hydroxyl groups is 1. The summed E-state index contributed by atoms with van der Waals surface area (Å²) in [6.07, 6.45) is 6.98. The van der Waals surface area contributed by atoms with Gasteiger partial charge in [0.1, 0.15) is 11.4 Å². The molecule has 1 aromatic heterocycles. The van der Waals surface area contributed by atoms with Crippen LogP contribution in [0.3, 0.4) is 0 Å². The highest BCUT2D eigenvalue weighted by atomic mass is 16.4. The van der Waals surface area contributed by atoms with Crippen LogP contribution in [0.5, 0.6) is 0 Å². The monoisotopic (exact) mass is 223 g/mol. The van der Waals surface area contributed by atoms with E-state index in [1.165, 1.54) is 25.7 Å². The van der Waals surface area contributed by atoms with Crippen LogP contribution >= 0.6 is 0 Å². The predicted molar refractivity (Wildman–Crippen MR) is 63.1 cm³/mol. The summed E-state index contributed by atoms with van der Waals surface area (Å²) in [7, 11) is 0. The van der Waals surface area contributed by atoms with Crippen molar-refractivity contribution in [3.63, 3.8) is 0 Å². The number of hydrogen-bond acceptors (Lipinski definition) is 3. The molecule has 1 heterocycles. The van der Waals surface area contributed by atoms with Gasteiger partial charge in [0.25, 0.3) is 0 Å². The maximum absolute atomic E-state index is 10.2. The minimum absolute atomic E-state index is 0.553. The van der Waals surface area contributed by atoms with Crippen LogP contribution in [0, 0.1) is 5.92 Å². The van der Waals surface area contributed by atoms with Crippen LogP contribution in [-0.2, 0) is 5.60 Å². The summed E-state index contributed by atoms with van der Waals surface area (Å²) in [6, 6.07) is 3.62. The molecule has 1 aliphatic carbocycles. The molecule has 0 aromatic carbocycles. The minimum atomic E-state index is -0.901. The first-order chi connectivity index (χ1) is 7.68.